The minimum atomic E-state index is 0.436. The average Bonchev–Trinajstić information content (AvgIpc) is 2.22. The fourth-order valence-corrected chi connectivity index (χ4v) is 1.30. The number of benzene rings is 1. The highest BCUT2D eigenvalue weighted by Gasteiger charge is 2.02. The lowest BCUT2D eigenvalue weighted by Gasteiger charge is -2.02. The van der Waals surface area contributed by atoms with E-state index in [1.165, 1.54) is 0 Å². The Hall–Kier alpha value is -0.770. The normalized spacial score (nSPS) is 11.8. The van der Waals surface area contributed by atoms with Crippen LogP contribution in [0, 0.1) is 0 Å². The van der Waals surface area contributed by atoms with Gasteiger partial charge in [-0.25, -0.2) is 0 Å². The van der Waals surface area contributed by atoms with Gasteiger partial charge in [-0.2, -0.15) is 0 Å². The van der Waals surface area contributed by atoms with Crippen molar-refractivity contribution in [3.05, 3.63) is 33.8 Å². The van der Waals surface area contributed by atoms with Crippen molar-refractivity contribution in [1.82, 2.24) is 0 Å². The Morgan fingerprint density at radius 1 is 1.40 bits per heavy atom. The van der Waals surface area contributed by atoms with E-state index < -0.39 is 0 Å². The molecule has 2 N–H and O–H groups in total. The number of nitrogens with two attached hydrogens (primary N) is 1. The van der Waals surface area contributed by atoms with Crippen LogP contribution in [0.1, 0.15) is 5.56 Å². The van der Waals surface area contributed by atoms with Crippen molar-refractivity contribution in [3.8, 4) is 0 Å². The van der Waals surface area contributed by atoms with Gasteiger partial charge >= 0.3 is 0 Å². The van der Waals surface area contributed by atoms with Gasteiger partial charge in [-0.3, -0.25) is 4.99 Å². The Balaban J connectivity index is 2.77. The Kier molecular flexibility index (Phi) is 4.88. The number of halogens is 2. The lowest BCUT2D eigenvalue weighted by molar-refractivity contribution is 0.208. The van der Waals surface area contributed by atoms with Crippen LogP contribution in [0.4, 0.5) is 0 Å². The van der Waals surface area contributed by atoms with Gasteiger partial charge in [0.2, 0.25) is 0 Å². The topological polar surface area (TPSA) is 47.6 Å². The minimum absolute atomic E-state index is 0.436. The highest BCUT2D eigenvalue weighted by Crippen LogP contribution is 2.22. The number of hydrogen-bond donors (Lipinski definition) is 1. The van der Waals surface area contributed by atoms with Gasteiger partial charge in [0.15, 0.2) is 0 Å². The van der Waals surface area contributed by atoms with Crippen molar-refractivity contribution >= 4 is 29.0 Å². The molecule has 0 saturated carbocycles. The van der Waals surface area contributed by atoms with Crippen LogP contribution in [0.25, 0.3) is 0 Å². The summed E-state index contributed by atoms with van der Waals surface area (Å²) in [5, 5.41) is 0.976. The number of nitrogens with zero attached hydrogens (tertiary/aromatic N) is 1. The SMILES string of the molecule is COCCN=C(N)c1ccc(Cl)c(Cl)c1. The fourth-order valence-electron chi connectivity index (χ4n) is 1.00. The summed E-state index contributed by atoms with van der Waals surface area (Å²) in [6.45, 7) is 1.07. The quantitative estimate of drug-likeness (QED) is 0.504. The second kappa shape index (κ2) is 5.95. The van der Waals surface area contributed by atoms with E-state index in [2.05, 4.69) is 4.99 Å². The maximum Gasteiger partial charge on any atom is 0.125 e. The molecule has 0 aliphatic heterocycles. The molecule has 0 fully saturated rings. The van der Waals surface area contributed by atoms with E-state index in [1.807, 2.05) is 0 Å². The van der Waals surface area contributed by atoms with E-state index in [4.69, 9.17) is 33.7 Å². The van der Waals surface area contributed by atoms with Gasteiger partial charge in [-0.05, 0) is 18.2 Å². The molecule has 0 saturated heterocycles. The van der Waals surface area contributed by atoms with Gasteiger partial charge in [0, 0.05) is 12.7 Å². The summed E-state index contributed by atoms with van der Waals surface area (Å²) >= 11 is 11.6. The summed E-state index contributed by atoms with van der Waals surface area (Å²) < 4.78 is 4.86. The first kappa shape index (κ1) is 12.3. The van der Waals surface area contributed by atoms with Gasteiger partial charge < -0.3 is 10.5 Å². The predicted molar refractivity (Wildman–Crippen MR) is 63.9 cm³/mol. The first-order chi connectivity index (χ1) is 7.15. The van der Waals surface area contributed by atoms with Gasteiger partial charge in [-0.1, -0.05) is 23.2 Å². The van der Waals surface area contributed by atoms with Crippen LogP contribution in [0.15, 0.2) is 23.2 Å². The van der Waals surface area contributed by atoms with E-state index in [1.54, 1.807) is 25.3 Å². The lowest BCUT2D eigenvalue weighted by atomic mass is 10.2. The number of ether oxygens (including phenoxy) is 1. The van der Waals surface area contributed by atoms with E-state index in [9.17, 15) is 0 Å². The molecular weight excluding hydrogens is 235 g/mol. The fraction of sp³-hybridized carbons (Fsp3) is 0.300. The van der Waals surface area contributed by atoms with E-state index >= 15 is 0 Å². The van der Waals surface area contributed by atoms with Crippen molar-refractivity contribution in [2.75, 3.05) is 20.3 Å². The summed E-state index contributed by atoms with van der Waals surface area (Å²) in [7, 11) is 1.62. The summed E-state index contributed by atoms with van der Waals surface area (Å²) in [5.41, 5.74) is 6.51. The number of rotatable bonds is 4. The van der Waals surface area contributed by atoms with E-state index in [0.717, 1.165) is 5.56 Å². The zero-order chi connectivity index (χ0) is 11.3. The van der Waals surface area contributed by atoms with Gasteiger partial charge in [0.05, 0.1) is 23.2 Å². The summed E-state index contributed by atoms with van der Waals surface area (Å²) in [4.78, 5) is 4.12. The molecule has 1 aromatic rings. The van der Waals surface area contributed by atoms with Crippen molar-refractivity contribution in [3.63, 3.8) is 0 Å². The highest BCUT2D eigenvalue weighted by molar-refractivity contribution is 6.42. The molecule has 0 bridgehead atoms. The molecule has 0 radical (unpaired) electrons. The molecule has 0 spiro atoms. The molecule has 0 heterocycles. The smallest absolute Gasteiger partial charge is 0.125 e. The molecule has 0 aromatic heterocycles. The molecule has 3 nitrogen and oxygen atoms in total. The van der Waals surface area contributed by atoms with E-state index in [0.29, 0.717) is 29.0 Å². The van der Waals surface area contributed by atoms with Crippen molar-refractivity contribution < 1.29 is 4.74 Å². The zero-order valence-electron chi connectivity index (χ0n) is 8.34. The summed E-state index contributed by atoms with van der Waals surface area (Å²) in [6.07, 6.45) is 0. The number of hydrogen-bond acceptors (Lipinski definition) is 2. The first-order valence-corrected chi connectivity index (χ1v) is 5.15. The Labute approximate surface area is 98.8 Å². The summed E-state index contributed by atoms with van der Waals surface area (Å²) in [6, 6.07) is 5.16. The number of methoxy groups -OCH3 is 1. The zero-order valence-corrected chi connectivity index (χ0v) is 9.85. The standard InChI is InChI=1S/C10H12Cl2N2O/c1-15-5-4-14-10(13)7-2-3-8(11)9(12)6-7/h2-3,6H,4-5H2,1H3,(H2,13,14). The molecule has 0 aliphatic carbocycles. The van der Waals surface area contributed by atoms with Gasteiger partial charge in [0.1, 0.15) is 5.84 Å². The largest absolute Gasteiger partial charge is 0.384 e. The Bertz CT molecular complexity index is 366. The second-order valence-electron chi connectivity index (χ2n) is 2.89. The number of aliphatic imine (C=N–C) groups is 1. The molecule has 82 valence electrons. The van der Waals surface area contributed by atoms with Crippen LogP contribution < -0.4 is 5.73 Å². The van der Waals surface area contributed by atoms with Crippen LogP contribution in [0.3, 0.4) is 0 Å². The third-order valence-electron chi connectivity index (χ3n) is 1.79. The van der Waals surface area contributed by atoms with Crippen LogP contribution in [-0.4, -0.2) is 26.1 Å². The second-order valence-corrected chi connectivity index (χ2v) is 3.70. The third-order valence-corrected chi connectivity index (χ3v) is 2.53. The molecule has 15 heavy (non-hydrogen) atoms. The summed E-state index contributed by atoms with van der Waals surface area (Å²) in [5.74, 6) is 0.436. The Morgan fingerprint density at radius 3 is 2.73 bits per heavy atom. The van der Waals surface area contributed by atoms with Crippen LogP contribution in [0.2, 0.25) is 10.0 Å². The van der Waals surface area contributed by atoms with Crippen molar-refractivity contribution in [2.45, 2.75) is 0 Å². The maximum absolute atomic E-state index is 5.85. The van der Waals surface area contributed by atoms with Crippen molar-refractivity contribution in [1.29, 1.82) is 0 Å². The number of amidine groups is 1. The molecule has 1 rings (SSSR count). The van der Waals surface area contributed by atoms with Crippen LogP contribution in [-0.2, 0) is 4.74 Å². The van der Waals surface area contributed by atoms with Crippen LogP contribution in [0.5, 0.6) is 0 Å². The molecule has 5 heteroatoms. The molecular formula is C10H12Cl2N2O. The molecule has 0 aliphatic rings. The molecule has 1 aromatic carbocycles. The minimum Gasteiger partial charge on any atom is -0.384 e. The van der Waals surface area contributed by atoms with E-state index in [-0.39, 0.29) is 0 Å². The maximum atomic E-state index is 5.85. The molecule has 0 unspecified atom stereocenters. The highest BCUT2D eigenvalue weighted by atomic mass is 35.5. The van der Waals surface area contributed by atoms with Gasteiger partial charge in [0.25, 0.3) is 0 Å². The van der Waals surface area contributed by atoms with Crippen LogP contribution >= 0.6 is 23.2 Å². The molecule has 0 amide bonds. The van der Waals surface area contributed by atoms with Crippen molar-refractivity contribution in [2.24, 2.45) is 10.7 Å². The predicted octanol–water partition coefficient (Wildman–Crippen LogP) is 2.35. The Morgan fingerprint density at radius 2 is 2.13 bits per heavy atom. The lowest BCUT2D eigenvalue weighted by Crippen LogP contribution is -2.14. The monoisotopic (exact) mass is 246 g/mol. The third kappa shape index (κ3) is 3.70. The van der Waals surface area contributed by atoms with Gasteiger partial charge in [-0.15, -0.1) is 0 Å². The molecule has 0 atom stereocenters. The average molecular weight is 247 g/mol. The first-order valence-electron chi connectivity index (χ1n) is 4.39.